The maximum absolute atomic E-state index is 13.0. The van der Waals surface area contributed by atoms with Crippen LogP contribution in [0.25, 0.3) is 17.4 Å². The van der Waals surface area contributed by atoms with Gasteiger partial charge in [0.05, 0.1) is 17.7 Å². The van der Waals surface area contributed by atoms with Gasteiger partial charge < -0.3 is 9.15 Å². The summed E-state index contributed by atoms with van der Waals surface area (Å²) < 4.78 is 49.0. The van der Waals surface area contributed by atoms with Gasteiger partial charge in [0.2, 0.25) is 0 Å². The normalized spacial score (nSPS) is 11.5. The van der Waals surface area contributed by atoms with E-state index in [-0.39, 0.29) is 23.7 Å². The SMILES string of the molecule is CCOC(=O)/C=C/c1ccc(-c2cccc(C(F)(F)F)c2C#N)o1. The summed E-state index contributed by atoms with van der Waals surface area (Å²) in [4.78, 5) is 11.2. The zero-order valence-corrected chi connectivity index (χ0v) is 12.6. The van der Waals surface area contributed by atoms with E-state index in [0.717, 1.165) is 12.1 Å². The van der Waals surface area contributed by atoms with Crippen LogP contribution in [0.1, 0.15) is 23.8 Å². The number of nitriles is 1. The van der Waals surface area contributed by atoms with Gasteiger partial charge in [-0.2, -0.15) is 18.4 Å². The van der Waals surface area contributed by atoms with Crippen LogP contribution in [0.2, 0.25) is 0 Å². The lowest BCUT2D eigenvalue weighted by Crippen LogP contribution is -2.08. The third-order valence-electron chi connectivity index (χ3n) is 3.04. The first-order chi connectivity index (χ1) is 11.4. The van der Waals surface area contributed by atoms with E-state index in [1.165, 1.54) is 30.3 Å². The Morgan fingerprint density at radius 2 is 2.08 bits per heavy atom. The van der Waals surface area contributed by atoms with Crippen LogP contribution < -0.4 is 0 Å². The quantitative estimate of drug-likeness (QED) is 0.613. The summed E-state index contributed by atoms with van der Waals surface area (Å²) in [7, 11) is 0. The molecule has 1 aromatic heterocycles. The van der Waals surface area contributed by atoms with E-state index in [1.807, 2.05) is 0 Å². The lowest BCUT2D eigenvalue weighted by atomic mass is 10.00. The van der Waals surface area contributed by atoms with Crippen LogP contribution >= 0.6 is 0 Å². The Kier molecular flexibility index (Phi) is 5.09. The Balaban J connectivity index is 2.38. The molecule has 4 nitrogen and oxygen atoms in total. The fourth-order valence-electron chi connectivity index (χ4n) is 2.04. The van der Waals surface area contributed by atoms with Crippen molar-refractivity contribution >= 4 is 12.0 Å². The van der Waals surface area contributed by atoms with Crippen molar-refractivity contribution < 1.29 is 27.1 Å². The molecule has 0 radical (unpaired) electrons. The van der Waals surface area contributed by atoms with Crippen LogP contribution in [0.5, 0.6) is 0 Å². The molecule has 0 spiro atoms. The van der Waals surface area contributed by atoms with Gasteiger partial charge in [-0.15, -0.1) is 0 Å². The number of rotatable bonds is 4. The lowest BCUT2D eigenvalue weighted by molar-refractivity contribution is -0.138. The standard InChI is InChI=1S/C17H12F3NO3/c1-2-23-16(22)9-7-11-6-8-15(24-11)12-4-3-5-14(13(12)10-21)17(18,19)20/h3-9H,2H2,1H3/b9-7+. The fourth-order valence-corrected chi connectivity index (χ4v) is 2.04. The van der Waals surface area contributed by atoms with E-state index < -0.39 is 23.3 Å². The largest absolute Gasteiger partial charge is 0.463 e. The molecule has 0 saturated carbocycles. The van der Waals surface area contributed by atoms with E-state index >= 15 is 0 Å². The molecule has 0 fully saturated rings. The maximum atomic E-state index is 13.0. The molecule has 2 rings (SSSR count). The molecule has 1 heterocycles. The van der Waals surface area contributed by atoms with Crippen molar-refractivity contribution in [1.82, 2.24) is 0 Å². The van der Waals surface area contributed by atoms with Crippen molar-refractivity contribution in [2.45, 2.75) is 13.1 Å². The van der Waals surface area contributed by atoms with Gasteiger partial charge in [0.25, 0.3) is 0 Å². The molecular weight excluding hydrogens is 323 g/mol. The third-order valence-corrected chi connectivity index (χ3v) is 3.04. The number of carbonyl (C=O) groups excluding carboxylic acids is 1. The Morgan fingerprint density at radius 1 is 1.33 bits per heavy atom. The van der Waals surface area contributed by atoms with Gasteiger partial charge in [0.1, 0.15) is 17.6 Å². The zero-order chi connectivity index (χ0) is 17.7. The van der Waals surface area contributed by atoms with Crippen LogP contribution in [0, 0.1) is 11.3 Å². The van der Waals surface area contributed by atoms with E-state index in [1.54, 1.807) is 13.0 Å². The van der Waals surface area contributed by atoms with Gasteiger partial charge >= 0.3 is 12.1 Å². The fraction of sp³-hybridized carbons (Fsp3) is 0.176. The molecule has 0 aliphatic rings. The Labute approximate surface area is 135 Å². The highest BCUT2D eigenvalue weighted by molar-refractivity contribution is 5.86. The molecule has 0 amide bonds. The monoisotopic (exact) mass is 335 g/mol. The summed E-state index contributed by atoms with van der Waals surface area (Å²) >= 11 is 0. The molecule has 24 heavy (non-hydrogen) atoms. The number of hydrogen-bond acceptors (Lipinski definition) is 4. The number of benzene rings is 1. The number of hydrogen-bond donors (Lipinski definition) is 0. The van der Waals surface area contributed by atoms with Crippen molar-refractivity contribution in [2.75, 3.05) is 6.61 Å². The van der Waals surface area contributed by atoms with E-state index in [4.69, 9.17) is 14.4 Å². The molecule has 0 saturated heterocycles. The second kappa shape index (κ2) is 7.04. The molecule has 0 aliphatic carbocycles. The number of ether oxygens (including phenoxy) is 1. The average molecular weight is 335 g/mol. The van der Waals surface area contributed by atoms with Gasteiger partial charge in [0, 0.05) is 11.6 Å². The molecule has 0 N–H and O–H groups in total. The minimum Gasteiger partial charge on any atom is -0.463 e. The molecule has 124 valence electrons. The van der Waals surface area contributed by atoms with Gasteiger partial charge in [-0.25, -0.2) is 4.79 Å². The molecule has 0 unspecified atom stereocenters. The smallest absolute Gasteiger partial charge is 0.417 e. The molecule has 2 aromatic rings. The number of esters is 1. The van der Waals surface area contributed by atoms with Gasteiger partial charge in [-0.05, 0) is 37.3 Å². The van der Waals surface area contributed by atoms with Crippen molar-refractivity contribution in [2.24, 2.45) is 0 Å². The minimum atomic E-state index is -4.64. The van der Waals surface area contributed by atoms with Crippen molar-refractivity contribution in [3.05, 3.63) is 53.3 Å². The second-order valence-corrected chi connectivity index (χ2v) is 4.63. The summed E-state index contributed by atoms with van der Waals surface area (Å²) in [5.74, 6) is -0.215. The Hall–Kier alpha value is -3.01. The minimum absolute atomic E-state index is 0.0307. The number of nitrogens with zero attached hydrogens (tertiary/aromatic N) is 1. The predicted octanol–water partition coefficient (Wildman–Crippen LogP) is 4.41. The van der Waals surface area contributed by atoms with Crippen molar-refractivity contribution in [3.8, 4) is 17.4 Å². The summed E-state index contributed by atoms with van der Waals surface area (Å²) in [6.45, 7) is 1.89. The maximum Gasteiger partial charge on any atom is 0.417 e. The third kappa shape index (κ3) is 3.84. The van der Waals surface area contributed by atoms with Crippen LogP contribution in [-0.2, 0) is 15.7 Å². The van der Waals surface area contributed by atoms with E-state index in [9.17, 15) is 18.0 Å². The topological polar surface area (TPSA) is 63.2 Å². The molecular formula is C17H12F3NO3. The molecule has 0 bridgehead atoms. The van der Waals surface area contributed by atoms with E-state index in [2.05, 4.69) is 0 Å². The van der Waals surface area contributed by atoms with Gasteiger partial charge in [-0.1, -0.05) is 6.07 Å². The molecule has 1 aromatic carbocycles. The van der Waals surface area contributed by atoms with Crippen LogP contribution in [0.4, 0.5) is 13.2 Å². The first-order valence-electron chi connectivity index (χ1n) is 6.92. The number of halogens is 3. The Morgan fingerprint density at radius 3 is 2.71 bits per heavy atom. The first-order valence-corrected chi connectivity index (χ1v) is 6.92. The molecule has 0 atom stereocenters. The predicted molar refractivity (Wildman–Crippen MR) is 79.5 cm³/mol. The summed E-state index contributed by atoms with van der Waals surface area (Å²) in [5.41, 5.74) is -1.51. The average Bonchev–Trinajstić information content (AvgIpc) is 3.00. The van der Waals surface area contributed by atoms with Gasteiger partial charge in [-0.3, -0.25) is 0 Å². The van der Waals surface area contributed by atoms with Crippen LogP contribution in [0.15, 0.2) is 40.8 Å². The Bertz CT molecular complexity index is 813. The van der Waals surface area contributed by atoms with E-state index in [0.29, 0.717) is 0 Å². The van der Waals surface area contributed by atoms with Crippen molar-refractivity contribution in [1.29, 1.82) is 5.26 Å². The van der Waals surface area contributed by atoms with Crippen molar-refractivity contribution in [3.63, 3.8) is 0 Å². The van der Waals surface area contributed by atoms with Crippen LogP contribution in [-0.4, -0.2) is 12.6 Å². The molecule has 0 aliphatic heterocycles. The second-order valence-electron chi connectivity index (χ2n) is 4.63. The first kappa shape index (κ1) is 17.3. The number of alkyl halides is 3. The summed E-state index contributed by atoms with van der Waals surface area (Å²) in [5, 5.41) is 9.10. The molecule has 7 heteroatoms. The summed E-state index contributed by atoms with van der Waals surface area (Å²) in [6.07, 6.45) is -2.16. The zero-order valence-electron chi connectivity index (χ0n) is 12.6. The highest BCUT2D eigenvalue weighted by Gasteiger charge is 2.34. The number of carbonyl (C=O) groups is 1. The number of furan rings is 1. The summed E-state index contributed by atoms with van der Waals surface area (Å²) in [6, 6.07) is 7.89. The lowest BCUT2D eigenvalue weighted by Gasteiger charge is -2.10. The highest BCUT2D eigenvalue weighted by Crippen LogP contribution is 2.36. The van der Waals surface area contributed by atoms with Crippen LogP contribution in [0.3, 0.4) is 0 Å². The highest BCUT2D eigenvalue weighted by atomic mass is 19.4. The van der Waals surface area contributed by atoms with Gasteiger partial charge in [0.15, 0.2) is 0 Å².